The fourth-order valence-electron chi connectivity index (χ4n) is 3.32. The van der Waals surface area contributed by atoms with Gasteiger partial charge in [0.1, 0.15) is 0 Å². The van der Waals surface area contributed by atoms with Gasteiger partial charge in [-0.05, 0) is 44.5 Å². The van der Waals surface area contributed by atoms with Gasteiger partial charge in [-0.3, -0.25) is 19.3 Å². The van der Waals surface area contributed by atoms with Crippen molar-refractivity contribution in [1.82, 2.24) is 20.0 Å². The third-order valence-corrected chi connectivity index (χ3v) is 5.14. The second-order valence-electron chi connectivity index (χ2n) is 6.86. The van der Waals surface area contributed by atoms with Gasteiger partial charge in [-0.15, -0.1) is 0 Å². The first-order valence-electron chi connectivity index (χ1n) is 9.27. The van der Waals surface area contributed by atoms with Crippen molar-refractivity contribution < 1.29 is 14.4 Å². The van der Waals surface area contributed by atoms with Crippen LogP contribution in [-0.2, 0) is 20.8 Å². The highest BCUT2D eigenvalue weighted by Gasteiger charge is 2.28. The van der Waals surface area contributed by atoms with E-state index >= 15 is 0 Å². The molecule has 3 rings (SSSR count). The number of hydrogen-bond donors (Lipinski definition) is 1. The SMILES string of the molecule is Cc1nn(-c2ccc(Cl)cc2)c(C)c1CC(=O)NCCCN1C(=O)CCC1=O. The molecule has 1 aliphatic heterocycles. The van der Waals surface area contributed by atoms with Crippen molar-refractivity contribution in [3.05, 3.63) is 46.2 Å². The Bertz CT molecular complexity index is 889. The van der Waals surface area contributed by atoms with Crippen LogP contribution in [0.15, 0.2) is 24.3 Å². The molecule has 2 aromatic rings. The predicted molar refractivity (Wildman–Crippen MR) is 105 cm³/mol. The van der Waals surface area contributed by atoms with E-state index < -0.39 is 0 Å². The van der Waals surface area contributed by atoms with E-state index in [2.05, 4.69) is 10.4 Å². The Morgan fingerprint density at radius 1 is 1.14 bits per heavy atom. The molecule has 8 heteroatoms. The maximum Gasteiger partial charge on any atom is 0.229 e. The molecule has 7 nitrogen and oxygen atoms in total. The molecule has 148 valence electrons. The topological polar surface area (TPSA) is 84.3 Å². The number of carbonyl (C=O) groups excluding carboxylic acids is 3. The zero-order valence-corrected chi connectivity index (χ0v) is 16.8. The minimum atomic E-state index is -0.128. The molecule has 0 saturated carbocycles. The number of rotatable bonds is 7. The molecule has 0 atom stereocenters. The molecule has 1 aromatic heterocycles. The summed E-state index contributed by atoms with van der Waals surface area (Å²) < 4.78 is 1.80. The van der Waals surface area contributed by atoms with E-state index in [4.69, 9.17) is 11.6 Å². The second-order valence-corrected chi connectivity index (χ2v) is 7.29. The Balaban J connectivity index is 1.55. The van der Waals surface area contributed by atoms with E-state index in [9.17, 15) is 14.4 Å². The molecule has 0 aliphatic carbocycles. The van der Waals surface area contributed by atoms with Crippen molar-refractivity contribution in [3.63, 3.8) is 0 Å². The van der Waals surface area contributed by atoms with Gasteiger partial charge in [0.15, 0.2) is 0 Å². The van der Waals surface area contributed by atoms with Crippen LogP contribution in [0, 0.1) is 13.8 Å². The van der Waals surface area contributed by atoms with Gasteiger partial charge in [-0.25, -0.2) is 4.68 Å². The molecule has 1 N–H and O–H groups in total. The zero-order chi connectivity index (χ0) is 20.3. The van der Waals surface area contributed by atoms with Gasteiger partial charge in [0.05, 0.1) is 17.8 Å². The van der Waals surface area contributed by atoms with Gasteiger partial charge in [-0.2, -0.15) is 5.10 Å². The average molecular weight is 403 g/mol. The van der Waals surface area contributed by atoms with Crippen molar-refractivity contribution >= 4 is 29.3 Å². The summed E-state index contributed by atoms with van der Waals surface area (Å²) in [5.41, 5.74) is 3.48. The summed E-state index contributed by atoms with van der Waals surface area (Å²) in [5, 5.41) is 8.05. The minimum absolute atomic E-state index is 0.110. The lowest BCUT2D eigenvalue weighted by Crippen LogP contribution is -2.33. The highest BCUT2D eigenvalue weighted by Crippen LogP contribution is 2.20. The number of halogens is 1. The molecule has 2 heterocycles. The lowest BCUT2D eigenvalue weighted by molar-refractivity contribution is -0.138. The predicted octanol–water partition coefficient (Wildman–Crippen LogP) is 2.34. The van der Waals surface area contributed by atoms with Gasteiger partial charge in [0, 0.05) is 42.2 Å². The fraction of sp³-hybridized carbons (Fsp3) is 0.400. The summed E-state index contributed by atoms with van der Waals surface area (Å²) in [7, 11) is 0. The number of imide groups is 1. The van der Waals surface area contributed by atoms with Crippen LogP contribution in [0.1, 0.15) is 36.2 Å². The smallest absolute Gasteiger partial charge is 0.229 e. The van der Waals surface area contributed by atoms with Crippen molar-refractivity contribution in [2.24, 2.45) is 0 Å². The lowest BCUT2D eigenvalue weighted by Gasteiger charge is -2.13. The van der Waals surface area contributed by atoms with Crippen LogP contribution >= 0.6 is 11.6 Å². The number of benzene rings is 1. The highest BCUT2D eigenvalue weighted by molar-refractivity contribution is 6.30. The van der Waals surface area contributed by atoms with E-state index in [1.807, 2.05) is 26.0 Å². The van der Waals surface area contributed by atoms with Gasteiger partial charge in [0.2, 0.25) is 17.7 Å². The summed E-state index contributed by atoms with van der Waals surface area (Å²) in [6.07, 6.45) is 1.36. The molecule has 1 aliphatic rings. The first kappa shape index (κ1) is 20.1. The number of nitrogens with zero attached hydrogens (tertiary/aromatic N) is 3. The third kappa shape index (κ3) is 4.42. The second kappa shape index (κ2) is 8.56. The maximum absolute atomic E-state index is 12.3. The molecule has 1 saturated heterocycles. The molecule has 28 heavy (non-hydrogen) atoms. The first-order chi connectivity index (χ1) is 13.4. The summed E-state index contributed by atoms with van der Waals surface area (Å²) >= 11 is 5.94. The number of nitrogens with one attached hydrogen (secondary N) is 1. The maximum atomic E-state index is 12.3. The Kier molecular flexibility index (Phi) is 6.14. The molecule has 1 fully saturated rings. The summed E-state index contributed by atoms with van der Waals surface area (Å²) in [6.45, 7) is 4.58. The minimum Gasteiger partial charge on any atom is -0.356 e. The number of likely N-dealkylation sites (tertiary alicyclic amines) is 1. The number of carbonyl (C=O) groups is 3. The van der Waals surface area contributed by atoms with Crippen LogP contribution in [0.25, 0.3) is 5.69 Å². The monoisotopic (exact) mass is 402 g/mol. The van der Waals surface area contributed by atoms with Crippen molar-refractivity contribution in [3.8, 4) is 5.69 Å². The summed E-state index contributed by atoms with van der Waals surface area (Å²) in [5.74, 6) is -0.365. The van der Waals surface area contributed by atoms with Crippen molar-refractivity contribution in [1.29, 1.82) is 0 Å². The standard InChI is InChI=1S/C20H23ClN4O3/c1-13-17(14(2)25(23-13)16-6-4-15(21)5-7-16)12-18(26)22-10-3-11-24-19(27)8-9-20(24)28/h4-7H,3,8-12H2,1-2H3,(H,22,26). The van der Waals surface area contributed by atoms with Crippen LogP contribution in [0.4, 0.5) is 0 Å². The molecular weight excluding hydrogens is 380 g/mol. The number of amides is 3. The highest BCUT2D eigenvalue weighted by atomic mass is 35.5. The molecule has 0 radical (unpaired) electrons. The average Bonchev–Trinajstić information content (AvgIpc) is 3.13. The quantitative estimate of drug-likeness (QED) is 0.569. The van der Waals surface area contributed by atoms with Crippen molar-refractivity contribution in [2.45, 2.75) is 39.5 Å². The van der Waals surface area contributed by atoms with Gasteiger partial charge >= 0.3 is 0 Å². The van der Waals surface area contributed by atoms with E-state index in [0.717, 1.165) is 22.6 Å². The molecule has 1 aromatic carbocycles. The summed E-state index contributed by atoms with van der Waals surface area (Å²) in [4.78, 5) is 36.7. The van der Waals surface area contributed by atoms with Crippen LogP contribution in [-0.4, -0.2) is 45.5 Å². The van der Waals surface area contributed by atoms with E-state index in [-0.39, 0.29) is 24.1 Å². The largest absolute Gasteiger partial charge is 0.356 e. The van der Waals surface area contributed by atoms with E-state index in [1.54, 1.807) is 16.8 Å². The van der Waals surface area contributed by atoms with Gasteiger partial charge < -0.3 is 5.32 Å². The van der Waals surface area contributed by atoms with Gasteiger partial charge in [-0.1, -0.05) is 11.6 Å². The first-order valence-corrected chi connectivity index (χ1v) is 9.65. The third-order valence-electron chi connectivity index (χ3n) is 4.89. The molecule has 3 amide bonds. The molecule has 0 spiro atoms. The fourth-order valence-corrected chi connectivity index (χ4v) is 3.45. The van der Waals surface area contributed by atoms with E-state index in [1.165, 1.54) is 4.90 Å². The molecule has 0 bridgehead atoms. The Morgan fingerprint density at radius 2 is 1.79 bits per heavy atom. The Hall–Kier alpha value is -2.67. The Labute approximate surface area is 168 Å². The molecular formula is C20H23ClN4O3. The number of hydrogen-bond acceptors (Lipinski definition) is 4. The van der Waals surface area contributed by atoms with Crippen LogP contribution in [0.2, 0.25) is 5.02 Å². The van der Waals surface area contributed by atoms with Crippen LogP contribution < -0.4 is 5.32 Å². The number of aryl methyl sites for hydroxylation is 1. The number of aromatic nitrogens is 2. The summed E-state index contributed by atoms with van der Waals surface area (Å²) in [6, 6.07) is 7.37. The Morgan fingerprint density at radius 3 is 2.43 bits per heavy atom. The van der Waals surface area contributed by atoms with Crippen molar-refractivity contribution in [2.75, 3.05) is 13.1 Å². The normalized spacial score (nSPS) is 14.0. The lowest BCUT2D eigenvalue weighted by atomic mass is 10.1. The van der Waals surface area contributed by atoms with E-state index in [0.29, 0.717) is 37.4 Å². The van der Waals surface area contributed by atoms with Gasteiger partial charge in [0.25, 0.3) is 0 Å². The van der Waals surface area contributed by atoms with Crippen LogP contribution in [0.5, 0.6) is 0 Å². The molecule has 0 unspecified atom stereocenters. The zero-order valence-electron chi connectivity index (χ0n) is 16.0. The van der Waals surface area contributed by atoms with Crippen LogP contribution in [0.3, 0.4) is 0 Å².